The van der Waals surface area contributed by atoms with Crippen LogP contribution in [0.25, 0.3) is 0 Å². The van der Waals surface area contributed by atoms with Gasteiger partial charge >= 0.3 is 5.97 Å². The molecule has 1 heterocycles. The molecule has 0 unspecified atom stereocenters. The second-order valence-corrected chi connectivity index (χ2v) is 5.85. The first kappa shape index (κ1) is 17.9. The van der Waals surface area contributed by atoms with Crippen LogP contribution in [0.4, 0.5) is 5.69 Å². The van der Waals surface area contributed by atoms with E-state index in [1.807, 2.05) is 19.1 Å². The van der Waals surface area contributed by atoms with Crippen molar-refractivity contribution in [3.8, 4) is 0 Å². The van der Waals surface area contributed by atoms with Crippen LogP contribution in [0, 0.1) is 0 Å². The van der Waals surface area contributed by atoms with E-state index in [0.717, 1.165) is 11.3 Å². The highest BCUT2D eigenvalue weighted by Crippen LogP contribution is 2.31. The van der Waals surface area contributed by atoms with Crippen molar-refractivity contribution in [1.82, 2.24) is 10.2 Å². The Hall–Kier alpha value is -2.41. The van der Waals surface area contributed by atoms with E-state index in [-0.39, 0.29) is 17.9 Å². The van der Waals surface area contributed by atoms with Crippen molar-refractivity contribution in [2.24, 2.45) is 0 Å². The van der Waals surface area contributed by atoms with Gasteiger partial charge in [0.05, 0.1) is 18.2 Å². The molecule has 0 aliphatic carbocycles. The van der Waals surface area contributed by atoms with Crippen LogP contribution in [-0.4, -0.2) is 35.5 Å². The van der Waals surface area contributed by atoms with Crippen LogP contribution in [0.3, 0.4) is 0 Å². The third kappa shape index (κ3) is 3.73. The molecule has 24 heavy (non-hydrogen) atoms. The number of amides is 1. The first-order chi connectivity index (χ1) is 11.3. The molecule has 7 heteroatoms. The molecule has 1 aromatic carbocycles. The number of carbonyl (C=O) groups excluding carboxylic acids is 2. The molecule has 0 saturated heterocycles. The van der Waals surface area contributed by atoms with Gasteiger partial charge in [0.1, 0.15) is 0 Å². The fraction of sp³-hybridized carbons (Fsp3) is 0.353. The van der Waals surface area contributed by atoms with Crippen molar-refractivity contribution >= 4 is 34.9 Å². The molecule has 0 radical (unpaired) electrons. The first-order valence-electron chi connectivity index (χ1n) is 7.64. The first-order valence-corrected chi connectivity index (χ1v) is 8.05. The van der Waals surface area contributed by atoms with E-state index in [2.05, 4.69) is 10.6 Å². The zero-order valence-corrected chi connectivity index (χ0v) is 15.0. The second-order valence-electron chi connectivity index (χ2n) is 5.46. The van der Waals surface area contributed by atoms with Crippen LogP contribution in [-0.2, 0) is 14.3 Å². The van der Waals surface area contributed by atoms with E-state index in [4.69, 9.17) is 17.0 Å². The molecule has 0 fully saturated rings. The number of esters is 1. The second kappa shape index (κ2) is 7.44. The zero-order valence-electron chi connectivity index (χ0n) is 14.2. The highest BCUT2D eigenvalue weighted by atomic mass is 32.1. The van der Waals surface area contributed by atoms with Gasteiger partial charge in [-0.15, -0.1) is 0 Å². The molecule has 0 aromatic heterocycles. The number of anilines is 1. The van der Waals surface area contributed by atoms with Gasteiger partial charge in [-0.25, -0.2) is 4.79 Å². The summed E-state index contributed by atoms with van der Waals surface area (Å²) < 4.78 is 5.20. The summed E-state index contributed by atoms with van der Waals surface area (Å²) in [6.45, 7) is 5.38. The fourth-order valence-electron chi connectivity index (χ4n) is 2.52. The molecule has 2 N–H and O–H groups in total. The quantitative estimate of drug-likeness (QED) is 0.644. The predicted molar refractivity (Wildman–Crippen MR) is 96.3 cm³/mol. The van der Waals surface area contributed by atoms with Gasteiger partial charge in [-0.3, -0.25) is 4.79 Å². The molecule has 1 amide bonds. The lowest BCUT2D eigenvalue weighted by Crippen LogP contribution is -2.46. The van der Waals surface area contributed by atoms with Crippen LogP contribution in [0.5, 0.6) is 0 Å². The lowest BCUT2D eigenvalue weighted by atomic mass is 9.95. The average molecular weight is 347 g/mol. The number of hydrogen-bond acceptors (Lipinski definition) is 4. The number of rotatable bonds is 4. The molecule has 2 rings (SSSR count). The van der Waals surface area contributed by atoms with Crippen molar-refractivity contribution in [1.29, 1.82) is 0 Å². The highest BCUT2D eigenvalue weighted by molar-refractivity contribution is 7.80. The van der Waals surface area contributed by atoms with Crippen LogP contribution in [0.15, 0.2) is 35.5 Å². The normalized spacial score (nSPS) is 17.4. The minimum Gasteiger partial charge on any atom is -0.463 e. The molecule has 1 aliphatic heterocycles. The van der Waals surface area contributed by atoms with Crippen LogP contribution in [0.1, 0.15) is 32.4 Å². The van der Waals surface area contributed by atoms with Crippen molar-refractivity contribution in [3.63, 3.8) is 0 Å². The third-order valence-corrected chi connectivity index (χ3v) is 4.21. The number of carbonyl (C=O) groups is 2. The summed E-state index contributed by atoms with van der Waals surface area (Å²) in [5.41, 5.74) is 2.84. The number of nitrogens with one attached hydrogen (secondary N) is 2. The molecule has 1 aromatic rings. The maximum Gasteiger partial charge on any atom is 0.338 e. The lowest BCUT2D eigenvalue weighted by molar-refractivity contribution is -0.139. The summed E-state index contributed by atoms with van der Waals surface area (Å²) in [5.74, 6) is -0.503. The number of allylic oxidation sites excluding steroid dienone is 1. The minimum atomic E-state index is -0.390. The lowest BCUT2D eigenvalue weighted by Gasteiger charge is -2.35. The Morgan fingerprint density at radius 1 is 1.33 bits per heavy atom. The molecule has 0 bridgehead atoms. The summed E-state index contributed by atoms with van der Waals surface area (Å²) in [6, 6.07) is 6.89. The van der Waals surface area contributed by atoms with Gasteiger partial charge in [-0.05, 0) is 43.8 Å². The standard InChI is InChI=1S/C17H21N3O3S/c1-5-23-16(22)14-10(2)20(4)17(24)19-15(14)12-6-8-13(9-7-12)18-11(3)21/h6-9,15H,5H2,1-4H3,(H,18,21)(H,19,24)/t15-/m1/s1. The topological polar surface area (TPSA) is 70.7 Å². The Morgan fingerprint density at radius 3 is 2.50 bits per heavy atom. The number of nitrogens with zero attached hydrogens (tertiary/aromatic N) is 1. The largest absolute Gasteiger partial charge is 0.463 e. The van der Waals surface area contributed by atoms with Gasteiger partial charge in [0.15, 0.2) is 5.11 Å². The van der Waals surface area contributed by atoms with Gasteiger partial charge < -0.3 is 20.3 Å². The Morgan fingerprint density at radius 2 is 1.96 bits per heavy atom. The van der Waals surface area contributed by atoms with Crippen LogP contribution >= 0.6 is 12.2 Å². The number of ether oxygens (including phenoxy) is 1. The van der Waals surface area contributed by atoms with Gasteiger partial charge in [-0.2, -0.15) is 0 Å². The van der Waals surface area contributed by atoms with Gasteiger partial charge in [0.25, 0.3) is 0 Å². The van der Waals surface area contributed by atoms with E-state index < -0.39 is 0 Å². The van der Waals surface area contributed by atoms with Gasteiger partial charge in [0, 0.05) is 25.4 Å². The summed E-state index contributed by atoms with van der Waals surface area (Å²) >= 11 is 5.34. The fourth-order valence-corrected chi connectivity index (χ4v) is 2.78. The number of thiocarbonyl (C=S) groups is 1. The van der Waals surface area contributed by atoms with Crippen LogP contribution in [0.2, 0.25) is 0 Å². The van der Waals surface area contributed by atoms with Crippen molar-refractivity contribution < 1.29 is 14.3 Å². The molecule has 6 nitrogen and oxygen atoms in total. The Labute approximate surface area is 146 Å². The molecule has 0 spiro atoms. The summed E-state index contributed by atoms with van der Waals surface area (Å²) in [5, 5.41) is 6.43. The molecule has 128 valence electrons. The van der Waals surface area contributed by atoms with Crippen molar-refractivity contribution in [3.05, 3.63) is 41.1 Å². The van der Waals surface area contributed by atoms with Crippen LogP contribution < -0.4 is 10.6 Å². The molecule has 1 aliphatic rings. The summed E-state index contributed by atoms with van der Waals surface area (Å²) in [7, 11) is 1.81. The molecule has 1 atom stereocenters. The Balaban J connectivity index is 2.40. The smallest absolute Gasteiger partial charge is 0.338 e. The average Bonchev–Trinajstić information content (AvgIpc) is 2.52. The Kier molecular flexibility index (Phi) is 5.56. The van der Waals surface area contributed by atoms with Crippen molar-refractivity contribution in [2.75, 3.05) is 19.0 Å². The SMILES string of the molecule is CCOC(=O)C1=C(C)N(C)C(=S)N[C@@H]1c1ccc(NC(C)=O)cc1. The summed E-state index contributed by atoms with van der Waals surface area (Å²) in [6.07, 6.45) is 0. The van der Waals surface area contributed by atoms with Gasteiger partial charge in [-0.1, -0.05) is 12.1 Å². The van der Waals surface area contributed by atoms with Gasteiger partial charge in [0.2, 0.25) is 5.91 Å². The zero-order chi connectivity index (χ0) is 17.9. The predicted octanol–water partition coefficient (Wildman–Crippen LogP) is 2.34. The van der Waals surface area contributed by atoms with Crippen molar-refractivity contribution in [2.45, 2.75) is 26.8 Å². The van der Waals surface area contributed by atoms with E-state index in [1.165, 1.54) is 6.92 Å². The monoisotopic (exact) mass is 347 g/mol. The maximum absolute atomic E-state index is 12.4. The highest BCUT2D eigenvalue weighted by Gasteiger charge is 2.33. The van der Waals surface area contributed by atoms with E-state index in [9.17, 15) is 9.59 Å². The minimum absolute atomic E-state index is 0.135. The number of benzene rings is 1. The molecule has 0 saturated carbocycles. The van der Waals surface area contributed by atoms with E-state index in [0.29, 0.717) is 23.0 Å². The Bertz CT molecular complexity index is 698. The summed E-state index contributed by atoms with van der Waals surface area (Å²) in [4.78, 5) is 25.3. The maximum atomic E-state index is 12.4. The number of hydrogen-bond donors (Lipinski definition) is 2. The molecular formula is C17H21N3O3S. The van der Waals surface area contributed by atoms with E-state index >= 15 is 0 Å². The third-order valence-electron chi connectivity index (χ3n) is 3.81. The molecular weight excluding hydrogens is 326 g/mol. The van der Waals surface area contributed by atoms with E-state index in [1.54, 1.807) is 31.0 Å².